The molecule has 392 valence electrons. The van der Waals surface area contributed by atoms with Crippen LogP contribution in [0.2, 0.25) is 0 Å². The van der Waals surface area contributed by atoms with Crippen LogP contribution in [0.1, 0.15) is 140 Å². The molecule has 2 aromatic rings. The molecule has 0 fully saturated rings. The molecule has 3 unspecified atom stereocenters. The first-order valence-electron chi connectivity index (χ1n) is 24.4. The topological polar surface area (TPSA) is 291 Å². The molecule has 2 aliphatic heterocycles. The van der Waals surface area contributed by atoms with Crippen LogP contribution in [-0.4, -0.2) is 99.1 Å². The third-order valence-corrected chi connectivity index (χ3v) is 16.3. The van der Waals surface area contributed by atoms with Crippen LogP contribution >= 0.6 is 0 Å². The van der Waals surface area contributed by atoms with Crippen LogP contribution in [0.15, 0.2) is 81.8 Å². The molecule has 5 rings (SSSR count). The maximum Gasteiger partial charge on any atom is 0.303 e. The number of carboxylic acid groups (broad SMARTS) is 1. The lowest BCUT2D eigenvalue weighted by Gasteiger charge is -2.31. The van der Waals surface area contributed by atoms with Crippen LogP contribution in [-0.2, 0) is 66.8 Å². The monoisotopic (exact) mass is 1050 g/mol. The van der Waals surface area contributed by atoms with Gasteiger partial charge in [0.05, 0.1) is 15.5 Å². The van der Waals surface area contributed by atoms with E-state index in [1.807, 2.05) is 43.9 Å². The summed E-state index contributed by atoms with van der Waals surface area (Å²) in [6, 6.07) is 7.81. The summed E-state index contributed by atoms with van der Waals surface area (Å²) in [4.78, 5) is 51.9. The first-order chi connectivity index (χ1) is 33.3. The van der Waals surface area contributed by atoms with Gasteiger partial charge in [0.25, 0.3) is 30.4 Å². The van der Waals surface area contributed by atoms with E-state index in [4.69, 9.17) is 5.11 Å². The molecule has 21 heteroatoms. The van der Waals surface area contributed by atoms with Crippen LogP contribution < -0.4 is 20.9 Å². The van der Waals surface area contributed by atoms with Gasteiger partial charge in [-0.3, -0.25) is 32.8 Å². The highest BCUT2D eigenvalue weighted by Gasteiger charge is 2.44. The molecule has 2 heterocycles. The van der Waals surface area contributed by atoms with Crippen LogP contribution in [0, 0.1) is 5.92 Å². The third kappa shape index (κ3) is 16.3. The predicted molar refractivity (Wildman–Crippen MR) is 269 cm³/mol. The molecule has 3 atom stereocenters. The van der Waals surface area contributed by atoms with Gasteiger partial charge in [0.2, 0.25) is 17.7 Å². The van der Waals surface area contributed by atoms with Crippen LogP contribution in [0.4, 0.5) is 5.69 Å². The number of carbonyl (C=O) groups excluding carboxylic acids is 3. The van der Waals surface area contributed by atoms with E-state index in [0.29, 0.717) is 74.7 Å². The van der Waals surface area contributed by atoms with E-state index in [2.05, 4.69) is 22.0 Å². The lowest BCUT2D eigenvalue weighted by molar-refractivity contribution is -0.137. The smallest absolute Gasteiger partial charge is 0.303 e. The molecular formula is C50H70N4O14S3. The molecule has 0 spiro atoms. The number of carboxylic acids is 1. The van der Waals surface area contributed by atoms with Gasteiger partial charge in [0.15, 0.2) is 0 Å². The Hall–Kier alpha value is -4.93. The Kier molecular flexibility index (Phi) is 19.8. The van der Waals surface area contributed by atoms with E-state index in [9.17, 15) is 58.1 Å². The van der Waals surface area contributed by atoms with Crippen molar-refractivity contribution in [3.05, 3.63) is 88.7 Å². The Morgan fingerprint density at radius 1 is 0.789 bits per heavy atom. The fraction of sp³-hybridized carbons (Fsp3) is 0.560. The summed E-state index contributed by atoms with van der Waals surface area (Å²) in [5, 5.41) is 17.3. The normalized spacial score (nSPS) is 23.3. The van der Waals surface area contributed by atoms with Gasteiger partial charge in [-0.2, -0.15) is 25.3 Å². The maximum atomic E-state index is 13.4. The summed E-state index contributed by atoms with van der Waals surface area (Å²) in [5.74, 6) is -2.59. The second kappa shape index (κ2) is 24.7. The van der Waals surface area contributed by atoms with E-state index >= 15 is 0 Å². The summed E-state index contributed by atoms with van der Waals surface area (Å²) in [6.07, 6.45) is 15.8. The Morgan fingerprint density at radius 2 is 1.44 bits per heavy atom. The van der Waals surface area contributed by atoms with Gasteiger partial charge < -0.3 is 26.0 Å². The number of unbranched alkanes of at least 4 members (excludes halogenated alkanes) is 2. The number of benzene rings is 2. The third-order valence-electron chi connectivity index (χ3n) is 13.8. The molecule has 2 bridgehead atoms. The summed E-state index contributed by atoms with van der Waals surface area (Å²) in [5.41, 5.74) is 2.58. The highest BCUT2D eigenvalue weighted by Crippen LogP contribution is 2.52. The van der Waals surface area contributed by atoms with E-state index < -0.39 is 70.8 Å². The Balaban J connectivity index is 1.52. The standard InChI is InChI=1S/C50H70N4O14S3/c1-49(2)37-17-14-18-44-50(3,41-33-39(71(66,67)68)24-25-43(41)54(44)28-15-29-69(60,61)62)26-12-6-10-20-46(56)53-42(48(59)51-27-13-7-11-21-47(57)58)34-52-45(55)19-9-5-4-8-16-35(31-37)30-36-22-23-38(32-40(36)49)70(63,64)65/h14,17-18,22-25,31-33,35,42H,4-13,15-16,19-21,26-30,34H2,1-3H3,(H,51,59)(H,52,55)(H,53,56)(H,57,58)(H,60,61,62)(H,63,64,65)(H,66,67,68)/b17-14+,44-18-. The molecule has 18 nitrogen and oxygen atoms in total. The van der Waals surface area contributed by atoms with Crippen molar-refractivity contribution in [1.29, 1.82) is 0 Å². The molecule has 0 saturated heterocycles. The van der Waals surface area contributed by atoms with Gasteiger partial charge in [-0.15, -0.1) is 0 Å². The van der Waals surface area contributed by atoms with Crippen molar-refractivity contribution in [3.63, 3.8) is 0 Å². The van der Waals surface area contributed by atoms with Crippen molar-refractivity contribution in [2.45, 2.75) is 157 Å². The lowest BCUT2D eigenvalue weighted by Crippen LogP contribution is -2.52. The number of rotatable bonds is 13. The maximum absolute atomic E-state index is 13.4. The zero-order valence-corrected chi connectivity index (χ0v) is 43.3. The number of amides is 3. The Labute approximate surface area is 418 Å². The SMILES string of the molecule is CC1(C)C2=CC(CCCCCCC(=O)NCC(C(=O)NCCCCCC(=O)O)NC(=O)CCCCCC3(C)/C(=C/C=C/2)N(CCCS(=O)(=O)O)c2ccc(S(=O)(=O)O)cc23)Cc2ccc(S(=O)(=O)O)cc21. The van der Waals surface area contributed by atoms with Gasteiger partial charge in [0.1, 0.15) is 6.04 Å². The van der Waals surface area contributed by atoms with Gasteiger partial charge in [-0.1, -0.05) is 76.7 Å². The van der Waals surface area contributed by atoms with Gasteiger partial charge >= 0.3 is 5.97 Å². The molecular weight excluding hydrogens is 977 g/mol. The molecule has 0 saturated carbocycles. The quantitative estimate of drug-likeness (QED) is 0.0810. The molecule has 0 radical (unpaired) electrons. The number of fused-ring (bicyclic) bond motifs is 5. The summed E-state index contributed by atoms with van der Waals surface area (Å²) >= 11 is 0. The minimum absolute atomic E-state index is 0.00675. The number of carbonyl (C=O) groups is 4. The van der Waals surface area contributed by atoms with Gasteiger partial charge in [-0.05, 0) is 123 Å². The number of nitrogens with one attached hydrogen (secondary N) is 3. The molecule has 3 amide bonds. The minimum atomic E-state index is -4.66. The molecule has 3 aliphatic rings. The Bertz CT molecular complexity index is 2720. The zero-order chi connectivity index (χ0) is 52.2. The van der Waals surface area contributed by atoms with Crippen molar-refractivity contribution in [2.75, 3.05) is 30.3 Å². The van der Waals surface area contributed by atoms with Crippen LogP contribution in [0.5, 0.6) is 0 Å². The summed E-state index contributed by atoms with van der Waals surface area (Å²) < 4.78 is 104. The average Bonchev–Trinajstić information content (AvgIpc) is 3.43. The second-order valence-electron chi connectivity index (χ2n) is 19.6. The predicted octanol–water partition coefficient (Wildman–Crippen LogP) is 6.72. The molecule has 7 N–H and O–H groups in total. The number of anilines is 1. The highest BCUT2D eigenvalue weighted by atomic mass is 32.2. The first kappa shape index (κ1) is 57.0. The van der Waals surface area contributed by atoms with E-state index in [1.54, 1.807) is 12.1 Å². The van der Waals surface area contributed by atoms with E-state index in [1.165, 1.54) is 24.3 Å². The van der Waals surface area contributed by atoms with Crippen molar-refractivity contribution in [2.24, 2.45) is 5.92 Å². The molecule has 71 heavy (non-hydrogen) atoms. The highest BCUT2D eigenvalue weighted by molar-refractivity contribution is 7.86. The minimum Gasteiger partial charge on any atom is -0.481 e. The van der Waals surface area contributed by atoms with Crippen LogP contribution in [0.25, 0.3) is 0 Å². The van der Waals surface area contributed by atoms with Gasteiger partial charge in [0, 0.05) is 61.1 Å². The molecule has 1 aliphatic carbocycles. The fourth-order valence-corrected chi connectivity index (χ4v) is 11.4. The van der Waals surface area contributed by atoms with Gasteiger partial charge in [-0.25, -0.2) is 0 Å². The number of nitrogens with zero attached hydrogens (tertiary/aromatic N) is 1. The van der Waals surface area contributed by atoms with Crippen molar-refractivity contribution in [3.8, 4) is 0 Å². The number of allylic oxidation sites excluding steroid dienone is 6. The van der Waals surface area contributed by atoms with Crippen molar-refractivity contribution < 1.29 is 63.2 Å². The lowest BCUT2D eigenvalue weighted by atomic mass is 9.75. The van der Waals surface area contributed by atoms with Crippen molar-refractivity contribution >= 4 is 59.7 Å². The zero-order valence-electron chi connectivity index (χ0n) is 40.8. The summed E-state index contributed by atoms with van der Waals surface area (Å²) in [6.45, 7) is 6.10. The van der Waals surface area contributed by atoms with Crippen LogP contribution in [0.3, 0.4) is 0 Å². The van der Waals surface area contributed by atoms with E-state index in [0.717, 1.165) is 42.4 Å². The first-order valence-corrected chi connectivity index (χ1v) is 28.9. The second-order valence-corrected chi connectivity index (χ2v) is 24.0. The Morgan fingerprint density at radius 3 is 2.11 bits per heavy atom. The number of aliphatic carboxylic acids is 1. The molecule has 2 aromatic carbocycles. The molecule has 0 aromatic heterocycles. The largest absolute Gasteiger partial charge is 0.481 e. The number of hydrogen-bond donors (Lipinski definition) is 7. The average molecular weight is 1050 g/mol. The summed E-state index contributed by atoms with van der Waals surface area (Å²) in [7, 11) is -13.5. The number of hydrogen-bond acceptors (Lipinski definition) is 11. The van der Waals surface area contributed by atoms with E-state index in [-0.39, 0.29) is 66.9 Å². The van der Waals surface area contributed by atoms with Crippen molar-refractivity contribution in [1.82, 2.24) is 16.0 Å². The fourth-order valence-electron chi connectivity index (χ4n) is 9.91.